The second-order valence-corrected chi connectivity index (χ2v) is 5.41. The van der Waals surface area contributed by atoms with E-state index in [2.05, 4.69) is 15.6 Å². The minimum Gasteiger partial charge on any atom is -0.493 e. The number of nitrogens with one attached hydrogen (secondary N) is 2. The van der Waals surface area contributed by atoms with Gasteiger partial charge in [-0.15, -0.1) is 0 Å². The molecular weight excluding hydrogens is 306 g/mol. The Labute approximate surface area is 142 Å². The number of nitrogens with zero attached hydrogens (tertiary/aromatic N) is 1. The Morgan fingerprint density at radius 3 is 2.50 bits per heavy atom. The number of rotatable bonds is 6. The molecule has 24 heavy (non-hydrogen) atoms. The van der Waals surface area contributed by atoms with Crippen LogP contribution in [-0.4, -0.2) is 32.2 Å². The predicted molar refractivity (Wildman–Crippen MR) is 93.9 cm³/mol. The largest absolute Gasteiger partial charge is 0.493 e. The average Bonchev–Trinajstić information content (AvgIpc) is 2.61. The fourth-order valence-electron chi connectivity index (χ4n) is 2.58. The smallest absolute Gasteiger partial charge is 0.254 e. The van der Waals surface area contributed by atoms with Gasteiger partial charge in [0.15, 0.2) is 11.5 Å². The summed E-state index contributed by atoms with van der Waals surface area (Å²) in [6, 6.07) is 7.28. The highest BCUT2D eigenvalue weighted by molar-refractivity contribution is 5.98. The molecule has 2 aromatic rings. The maximum absolute atomic E-state index is 12.0. The molecule has 0 fully saturated rings. The first kappa shape index (κ1) is 17.6. The summed E-state index contributed by atoms with van der Waals surface area (Å²) in [6.45, 7) is 4.02. The Morgan fingerprint density at radius 1 is 1.21 bits per heavy atom. The number of methoxy groups -OCH3 is 2. The van der Waals surface area contributed by atoms with Gasteiger partial charge in [-0.1, -0.05) is 0 Å². The van der Waals surface area contributed by atoms with E-state index in [4.69, 9.17) is 9.47 Å². The molecule has 0 spiro atoms. The van der Waals surface area contributed by atoms with Crippen molar-refractivity contribution in [3.63, 3.8) is 0 Å². The van der Waals surface area contributed by atoms with Crippen molar-refractivity contribution in [2.75, 3.05) is 26.6 Å². The fourth-order valence-corrected chi connectivity index (χ4v) is 2.58. The summed E-state index contributed by atoms with van der Waals surface area (Å²) in [5, 5.41) is 5.93. The Balaban J connectivity index is 2.34. The number of hydrogen-bond donors (Lipinski definition) is 2. The molecule has 1 amide bonds. The molecule has 1 heterocycles. The van der Waals surface area contributed by atoms with Crippen molar-refractivity contribution in [3.8, 4) is 11.5 Å². The van der Waals surface area contributed by atoms with Gasteiger partial charge in [0.25, 0.3) is 5.91 Å². The molecule has 0 aliphatic heterocycles. The third-order valence-corrected chi connectivity index (χ3v) is 3.87. The molecule has 0 aliphatic carbocycles. The van der Waals surface area contributed by atoms with Crippen LogP contribution in [-0.2, 0) is 0 Å². The van der Waals surface area contributed by atoms with Gasteiger partial charge in [-0.25, -0.2) is 4.98 Å². The van der Waals surface area contributed by atoms with Gasteiger partial charge in [0.2, 0.25) is 0 Å². The second-order valence-electron chi connectivity index (χ2n) is 5.41. The molecule has 1 unspecified atom stereocenters. The summed E-state index contributed by atoms with van der Waals surface area (Å²) in [5.74, 6) is 1.72. The molecule has 0 aliphatic rings. The lowest BCUT2D eigenvalue weighted by Gasteiger charge is -2.20. The fraction of sp³-hybridized carbons (Fsp3) is 0.333. The number of benzene rings is 1. The second kappa shape index (κ2) is 7.68. The molecular formula is C18H23N3O3. The zero-order chi connectivity index (χ0) is 17.7. The monoisotopic (exact) mass is 329 g/mol. The maximum atomic E-state index is 12.0. The number of aromatic nitrogens is 1. The molecule has 0 radical (unpaired) electrons. The first-order valence-electron chi connectivity index (χ1n) is 7.68. The summed E-state index contributed by atoms with van der Waals surface area (Å²) in [4.78, 5) is 16.3. The van der Waals surface area contributed by atoms with Crippen molar-refractivity contribution < 1.29 is 14.3 Å². The molecule has 128 valence electrons. The average molecular weight is 329 g/mol. The van der Waals surface area contributed by atoms with Crippen LogP contribution in [0, 0.1) is 6.92 Å². The Morgan fingerprint density at radius 2 is 1.88 bits per heavy atom. The number of carbonyl (C=O) groups is 1. The van der Waals surface area contributed by atoms with Crippen LogP contribution in [0.4, 0.5) is 5.82 Å². The van der Waals surface area contributed by atoms with Crippen LogP contribution in [0.25, 0.3) is 0 Å². The van der Waals surface area contributed by atoms with Crippen LogP contribution < -0.4 is 20.1 Å². The molecule has 0 bridgehead atoms. The highest BCUT2D eigenvalue weighted by Gasteiger charge is 2.17. The lowest BCUT2D eigenvalue weighted by molar-refractivity contribution is 0.0963. The molecule has 6 heteroatoms. The number of amides is 1. The van der Waals surface area contributed by atoms with Crippen LogP contribution in [0.3, 0.4) is 0 Å². The van der Waals surface area contributed by atoms with Crippen LogP contribution in [0.2, 0.25) is 0 Å². The van der Waals surface area contributed by atoms with Crippen molar-refractivity contribution in [3.05, 3.63) is 47.2 Å². The van der Waals surface area contributed by atoms with Gasteiger partial charge in [-0.05, 0) is 49.2 Å². The summed E-state index contributed by atoms with van der Waals surface area (Å²) < 4.78 is 10.7. The van der Waals surface area contributed by atoms with Crippen LogP contribution in [0.1, 0.15) is 34.5 Å². The van der Waals surface area contributed by atoms with Gasteiger partial charge >= 0.3 is 0 Å². The molecule has 1 aromatic carbocycles. The van der Waals surface area contributed by atoms with E-state index in [1.165, 1.54) is 0 Å². The molecule has 6 nitrogen and oxygen atoms in total. The maximum Gasteiger partial charge on any atom is 0.254 e. The number of hydrogen-bond acceptors (Lipinski definition) is 5. The SMILES string of the molecule is CNC(=O)c1cccnc1NC(C)c1cc(OC)c(OC)cc1C. The molecule has 2 rings (SSSR count). The lowest BCUT2D eigenvalue weighted by atomic mass is 10.0. The molecule has 1 aromatic heterocycles. The van der Waals surface area contributed by atoms with E-state index in [1.807, 2.05) is 26.0 Å². The van der Waals surface area contributed by atoms with Gasteiger partial charge in [0.1, 0.15) is 5.82 Å². The van der Waals surface area contributed by atoms with Gasteiger partial charge in [-0.2, -0.15) is 0 Å². The molecule has 2 N–H and O–H groups in total. The topological polar surface area (TPSA) is 72.5 Å². The number of pyridine rings is 1. The minimum absolute atomic E-state index is 0.0666. The number of ether oxygens (including phenoxy) is 2. The van der Waals surface area contributed by atoms with E-state index < -0.39 is 0 Å². The van der Waals surface area contributed by atoms with E-state index >= 15 is 0 Å². The molecule has 0 saturated heterocycles. The van der Waals surface area contributed by atoms with E-state index in [0.717, 1.165) is 11.1 Å². The minimum atomic E-state index is -0.179. The lowest BCUT2D eigenvalue weighted by Crippen LogP contribution is -2.21. The Hall–Kier alpha value is -2.76. The third kappa shape index (κ3) is 3.59. The first-order valence-corrected chi connectivity index (χ1v) is 7.68. The number of aryl methyl sites for hydroxylation is 1. The Bertz CT molecular complexity index is 731. The summed E-state index contributed by atoms with van der Waals surface area (Å²) in [7, 11) is 4.82. The van der Waals surface area contributed by atoms with Crippen molar-refractivity contribution >= 4 is 11.7 Å². The summed E-state index contributed by atoms with van der Waals surface area (Å²) in [6.07, 6.45) is 1.66. The van der Waals surface area contributed by atoms with Crippen molar-refractivity contribution in [2.45, 2.75) is 19.9 Å². The van der Waals surface area contributed by atoms with Gasteiger partial charge in [0.05, 0.1) is 25.8 Å². The van der Waals surface area contributed by atoms with Crippen molar-refractivity contribution in [1.82, 2.24) is 10.3 Å². The quantitative estimate of drug-likeness (QED) is 0.852. The van der Waals surface area contributed by atoms with E-state index in [1.54, 1.807) is 39.6 Å². The van der Waals surface area contributed by atoms with Crippen LogP contribution >= 0.6 is 0 Å². The van der Waals surface area contributed by atoms with Crippen molar-refractivity contribution in [2.24, 2.45) is 0 Å². The van der Waals surface area contributed by atoms with Crippen LogP contribution in [0.5, 0.6) is 11.5 Å². The van der Waals surface area contributed by atoms with Gasteiger partial charge in [0, 0.05) is 13.2 Å². The van der Waals surface area contributed by atoms with Gasteiger partial charge in [-0.3, -0.25) is 4.79 Å². The third-order valence-electron chi connectivity index (χ3n) is 3.87. The zero-order valence-electron chi connectivity index (χ0n) is 14.6. The first-order chi connectivity index (χ1) is 11.5. The molecule has 0 saturated carbocycles. The van der Waals surface area contributed by atoms with E-state index in [-0.39, 0.29) is 11.9 Å². The number of carbonyl (C=O) groups excluding carboxylic acids is 1. The number of anilines is 1. The highest BCUT2D eigenvalue weighted by atomic mass is 16.5. The van der Waals surface area contributed by atoms with E-state index in [0.29, 0.717) is 22.9 Å². The Kier molecular flexibility index (Phi) is 5.63. The predicted octanol–water partition coefficient (Wildman–Crippen LogP) is 2.94. The van der Waals surface area contributed by atoms with Gasteiger partial charge < -0.3 is 20.1 Å². The highest BCUT2D eigenvalue weighted by Crippen LogP contribution is 2.34. The zero-order valence-corrected chi connectivity index (χ0v) is 14.6. The molecule has 1 atom stereocenters. The summed E-state index contributed by atoms with van der Waals surface area (Å²) >= 11 is 0. The summed E-state index contributed by atoms with van der Waals surface area (Å²) in [5.41, 5.74) is 2.61. The normalized spacial score (nSPS) is 11.5. The van der Waals surface area contributed by atoms with E-state index in [9.17, 15) is 4.79 Å². The van der Waals surface area contributed by atoms with Crippen LogP contribution in [0.15, 0.2) is 30.5 Å². The van der Waals surface area contributed by atoms with Crippen molar-refractivity contribution in [1.29, 1.82) is 0 Å². The standard InChI is InChI=1S/C18H23N3O3/c1-11-9-15(23-4)16(24-5)10-14(11)12(2)21-17-13(18(22)19-3)7-6-8-20-17/h6-10,12H,1-5H3,(H,19,22)(H,20,21).